The third-order valence-electron chi connectivity index (χ3n) is 5.73. The summed E-state index contributed by atoms with van der Waals surface area (Å²) in [7, 11) is -9.03. The molecular formula is C36H42Ag2Cl2N6O8S2. The van der Waals surface area contributed by atoms with Gasteiger partial charge in [0.15, 0.2) is 0 Å². The van der Waals surface area contributed by atoms with E-state index in [2.05, 4.69) is 19.9 Å². The Bertz CT molecular complexity index is 1910. The van der Waals surface area contributed by atoms with Gasteiger partial charge in [-0.2, -0.15) is 0 Å². The number of hydrogen-bond donors (Lipinski definition) is 2. The average molecular weight is 1040 g/mol. The maximum Gasteiger partial charge on any atom is 1.00 e. The van der Waals surface area contributed by atoms with Gasteiger partial charge in [0, 0.05) is 71.0 Å². The maximum absolute atomic E-state index is 10.5. The molecule has 0 fully saturated rings. The largest absolute Gasteiger partial charge is 1.00 e. The van der Waals surface area contributed by atoms with Gasteiger partial charge in [0.2, 0.25) is 0 Å². The molecule has 20 heteroatoms. The van der Waals surface area contributed by atoms with E-state index in [1.54, 1.807) is 24.8 Å². The monoisotopic (exact) mass is 1030 g/mol. The summed E-state index contributed by atoms with van der Waals surface area (Å²) >= 11 is 10.9. The number of pyridine rings is 4. The second-order valence-electron chi connectivity index (χ2n) is 10.4. The Hall–Kier alpha value is -3.56. The molecular weight excluding hydrogens is 995 g/mol. The molecule has 0 aliphatic heterocycles. The van der Waals surface area contributed by atoms with Gasteiger partial charge in [-0.05, 0) is 111 Å². The van der Waals surface area contributed by atoms with Crippen molar-refractivity contribution in [2.75, 3.05) is 11.5 Å². The first-order chi connectivity index (χ1) is 24.4. The van der Waals surface area contributed by atoms with E-state index >= 15 is 0 Å². The van der Waals surface area contributed by atoms with Crippen LogP contribution in [0.4, 0.5) is 11.4 Å². The number of nitrogen functional groups attached to an aromatic ring is 2. The number of nitrogens with zero attached hydrogens (tertiary/aromatic N) is 4. The number of rotatable bonds is 2. The first-order valence-electron chi connectivity index (χ1n) is 14.9. The SMILES string of the molecule is Cc1cccnc1.Cc1cccnc1.Cc1cccnc1.Cc1cccnc1.Nc1ccc(Cl)cc1S(=O)(=O)[O-].Nc1ccc(Cl)cc1S(=O)(=O)[O-].O.O.[Ag+].[Ag+]. The van der Waals surface area contributed by atoms with E-state index < -0.39 is 30.0 Å². The van der Waals surface area contributed by atoms with Crippen LogP contribution in [0.5, 0.6) is 0 Å². The Balaban J connectivity index is -0.000000290. The molecule has 0 radical (unpaired) electrons. The second kappa shape index (κ2) is 31.5. The average Bonchev–Trinajstić information content (AvgIpc) is 3.09. The van der Waals surface area contributed by atoms with Gasteiger partial charge < -0.3 is 31.5 Å². The predicted octanol–water partition coefficient (Wildman–Crippen LogP) is 5.56. The zero-order valence-corrected chi connectivity index (χ0v) is 36.4. The van der Waals surface area contributed by atoms with Crippen LogP contribution < -0.4 is 11.5 Å². The fraction of sp³-hybridized carbons (Fsp3) is 0.111. The molecule has 0 aliphatic rings. The molecule has 2 aromatic carbocycles. The van der Waals surface area contributed by atoms with Crippen molar-refractivity contribution in [1.29, 1.82) is 0 Å². The van der Waals surface area contributed by atoms with E-state index in [4.69, 9.17) is 34.7 Å². The minimum absolute atomic E-state index is 0. The van der Waals surface area contributed by atoms with Crippen LogP contribution in [0.2, 0.25) is 10.0 Å². The summed E-state index contributed by atoms with van der Waals surface area (Å²) in [5.41, 5.74) is 15.1. The number of anilines is 2. The summed E-state index contributed by atoms with van der Waals surface area (Å²) in [4.78, 5) is 14.6. The molecule has 6 rings (SSSR count). The van der Waals surface area contributed by atoms with Crippen molar-refractivity contribution in [2.24, 2.45) is 0 Å². The molecule has 0 bridgehead atoms. The van der Waals surface area contributed by atoms with Crippen LogP contribution in [-0.2, 0) is 65.0 Å². The zero-order chi connectivity index (χ0) is 39.2. The van der Waals surface area contributed by atoms with Crippen molar-refractivity contribution >= 4 is 54.8 Å². The molecule has 0 saturated carbocycles. The Labute approximate surface area is 369 Å². The molecule has 312 valence electrons. The van der Waals surface area contributed by atoms with E-state index in [1.807, 2.05) is 101 Å². The molecule has 0 atom stereocenters. The zero-order valence-electron chi connectivity index (χ0n) is 30.3. The van der Waals surface area contributed by atoms with Crippen LogP contribution in [0.3, 0.4) is 0 Å². The number of nitrogens with two attached hydrogens (primary N) is 2. The summed E-state index contributed by atoms with van der Waals surface area (Å²) < 4.78 is 63.1. The molecule has 4 heterocycles. The predicted molar refractivity (Wildman–Crippen MR) is 211 cm³/mol. The molecule has 14 nitrogen and oxygen atoms in total. The summed E-state index contributed by atoms with van der Waals surface area (Å²) in [6.45, 7) is 8.08. The smallest absolute Gasteiger partial charge is 0.744 e. The van der Waals surface area contributed by atoms with E-state index in [1.165, 1.54) is 46.5 Å². The number of hydrogen-bond acceptors (Lipinski definition) is 12. The van der Waals surface area contributed by atoms with E-state index in [-0.39, 0.29) is 77.1 Å². The van der Waals surface area contributed by atoms with Gasteiger partial charge in [-0.25, -0.2) is 16.8 Å². The van der Waals surface area contributed by atoms with E-state index in [0.29, 0.717) is 0 Å². The van der Waals surface area contributed by atoms with Crippen molar-refractivity contribution in [3.8, 4) is 0 Å². The van der Waals surface area contributed by atoms with Gasteiger partial charge in [-0.3, -0.25) is 19.9 Å². The van der Waals surface area contributed by atoms with Crippen LogP contribution in [0.25, 0.3) is 0 Å². The fourth-order valence-electron chi connectivity index (χ4n) is 3.24. The van der Waals surface area contributed by atoms with Crippen molar-refractivity contribution in [3.63, 3.8) is 0 Å². The summed E-state index contributed by atoms with van der Waals surface area (Å²) in [6.07, 6.45) is 14.4. The minimum atomic E-state index is -4.52. The Morgan fingerprint density at radius 1 is 0.482 bits per heavy atom. The van der Waals surface area contributed by atoms with Gasteiger partial charge in [0.1, 0.15) is 20.2 Å². The van der Waals surface area contributed by atoms with Crippen LogP contribution >= 0.6 is 23.2 Å². The molecule has 0 spiro atoms. The molecule has 0 unspecified atom stereocenters. The van der Waals surface area contributed by atoms with Crippen molar-refractivity contribution in [1.82, 2.24) is 19.9 Å². The molecule has 4 aromatic heterocycles. The first-order valence-corrected chi connectivity index (χ1v) is 18.5. The standard InChI is InChI=1S/2C6H6ClNO3S.4C6H7N.2Ag.2H2O/c2*7-4-1-2-5(8)6(3-4)12(9,10)11;4*1-6-3-2-4-7-5-6;;;;/h2*1-3H,8H2,(H,9,10,11);4*2-5H,1H3;;;2*1H2/q;;;;;;2*+1;;/p-2. The van der Waals surface area contributed by atoms with Crippen LogP contribution in [-0.4, -0.2) is 56.8 Å². The van der Waals surface area contributed by atoms with E-state index in [0.717, 1.165) is 12.1 Å². The number of halogens is 2. The van der Waals surface area contributed by atoms with Crippen molar-refractivity contribution in [3.05, 3.63) is 167 Å². The van der Waals surface area contributed by atoms with Crippen LogP contribution in [0.1, 0.15) is 22.3 Å². The molecule has 0 saturated heterocycles. The third-order valence-corrected chi connectivity index (χ3v) is 7.98. The fourth-order valence-corrected chi connectivity index (χ4v) is 4.97. The normalized spacial score (nSPS) is 9.29. The summed E-state index contributed by atoms with van der Waals surface area (Å²) in [6, 6.07) is 23.2. The topological polar surface area (TPSA) is 281 Å². The Kier molecular flexibility index (Phi) is 33.3. The van der Waals surface area contributed by atoms with Crippen molar-refractivity contribution < 1.29 is 81.7 Å². The molecule has 6 aromatic rings. The maximum atomic E-state index is 10.5. The Morgan fingerprint density at radius 3 is 0.839 bits per heavy atom. The Morgan fingerprint density at radius 2 is 0.714 bits per heavy atom. The molecule has 0 amide bonds. The second-order valence-corrected chi connectivity index (χ2v) is 14.0. The summed E-state index contributed by atoms with van der Waals surface area (Å²) in [5, 5.41) is 0.331. The minimum Gasteiger partial charge on any atom is -0.744 e. The number of benzene rings is 2. The first kappa shape index (κ1) is 59.1. The van der Waals surface area contributed by atoms with E-state index in [9.17, 15) is 25.9 Å². The number of aryl methyl sites for hydroxylation is 4. The van der Waals surface area contributed by atoms with Gasteiger partial charge in [0.25, 0.3) is 0 Å². The van der Waals surface area contributed by atoms with Gasteiger partial charge >= 0.3 is 44.8 Å². The quantitative estimate of drug-likeness (QED) is 0.123. The van der Waals surface area contributed by atoms with Gasteiger partial charge in [0.05, 0.1) is 9.79 Å². The van der Waals surface area contributed by atoms with Crippen LogP contribution in [0.15, 0.2) is 144 Å². The molecule has 8 N–H and O–H groups in total. The van der Waals surface area contributed by atoms with Crippen molar-refractivity contribution in [2.45, 2.75) is 37.5 Å². The molecule has 0 aliphatic carbocycles. The summed E-state index contributed by atoms with van der Waals surface area (Å²) in [5.74, 6) is 0. The third kappa shape index (κ3) is 27.9. The molecule has 56 heavy (non-hydrogen) atoms. The van der Waals surface area contributed by atoms with Crippen LogP contribution in [0, 0.1) is 27.7 Å². The number of aromatic nitrogens is 4. The van der Waals surface area contributed by atoms with Gasteiger partial charge in [-0.15, -0.1) is 0 Å². The van der Waals surface area contributed by atoms with Gasteiger partial charge in [-0.1, -0.05) is 47.5 Å².